The third-order valence-electron chi connectivity index (χ3n) is 1.35. The number of hydrogen-bond acceptors (Lipinski definition) is 4. The molecule has 0 aliphatic heterocycles. The highest BCUT2D eigenvalue weighted by atomic mass is 16.5. The van der Waals surface area contributed by atoms with Crippen molar-refractivity contribution in [2.24, 2.45) is 0 Å². The predicted molar refractivity (Wildman–Crippen MR) is 44.5 cm³/mol. The second kappa shape index (κ2) is 4.15. The molecule has 0 fully saturated rings. The monoisotopic (exact) mass is 171 g/mol. The first-order chi connectivity index (χ1) is 6.30. The minimum absolute atomic E-state index is 0.262. The Morgan fingerprint density at radius 3 is 2.08 bits per heavy atom. The number of nitriles is 2. The second-order valence-corrected chi connectivity index (χ2v) is 2.19. The minimum atomic E-state index is 0.262. The van der Waals surface area contributed by atoms with Crippen LogP contribution in [-0.2, 0) is 0 Å². The molecule has 0 atom stereocenters. The highest BCUT2D eigenvalue weighted by Gasteiger charge is 2.01. The molecule has 0 heterocycles. The Morgan fingerprint density at radius 2 is 1.69 bits per heavy atom. The van der Waals surface area contributed by atoms with Crippen LogP contribution in [0.3, 0.4) is 0 Å². The zero-order valence-corrected chi connectivity index (χ0v) is 6.56. The van der Waals surface area contributed by atoms with Gasteiger partial charge in [-0.3, -0.25) is 0 Å². The molecule has 5 heteroatoms. The molecular formula is C8H4BN2O2. The summed E-state index contributed by atoms with van der Waals surface area (Å²) in [5.41, 5.74) is 0.631. The summed E-state index contributed by atoms with van der Waals surface area (Å²) in [7, 11) is 0.498. The molecule has 4 nitrogen and oxygen atoms in total. The van der Waals surface area contributed by atoms with E-state index in [-0.39, 0.29) is 5.75 Å². The average molecular weight is 171 g/mol. The maximum absolute atomic E-state index is 8.56. The highest BCUT2D eigenvalue weighted by Crippen LogP contribution is 2.15. The van der Waals surface area contributed by atoms with Gasteiger partial charge in [0.15, 0.2) is 0 Å². The lowest BCUT2D eigenvalue weighted by Crippen LogP contribution is -2.00. The van der Waals surface area contributed by atoms with Gasteiger partial charge in [0.05, 0.1) is 23.3 Å². The van der Waals surface area contributed by atoms with Gasteiger partial charge in [-0.25, -0.2) is 0 Å². The molecule has 0 amide bonds. The largest absolute Gasteiger partial charge is 0.569 e. The van der Waals surface area contributed by atoms with Gasteiger partial charge in [0, 0.05) is 0 Å². The van der Waals surface area contributed by atoms with Crippen LogP contribution in [0.5, 0.6) is 5.75 Å². The summed E-state index contributed by atoms with van der Waals surface area (Å²) in [6.07, 6.45) is 0. The Morgan fingerprint density at radius 1 is 1.15 bits per heavy atom. The SMILES string of the molecule is N#Cc1cc(C#N)cc(O[B]O)c1. The molecule has 0 aliphatic carbocycles. The number of hydrogen-bond donors (Lipinski definition) is 1. The summed E-state index contributed by atoms with van der Waals surface area (Å²) < 4.78 is 4.62. The molecule has 0 aliphatic rings. The summed E-state index contributed by atoms with van der Waals surface area (Å²) in [5, 5.41) is 25.5. The third kappa shape index (κ3) is 2.23. The molecule has 0 saturated carbocycles. The van der Waals surface area contributed by atoms with Gasteiger partial charge in [0.2, 0.25) is 0 Å². The van der Waals surface area contributed by atoms with Gasteiger partial charge in [0.25, 0.3) is 0 Å². The molecule has 0 saturated heterocycles. The van der Waals surface area contributed by atoms with Crippen molar-refractivity contribution in [1.82, 2.24) is 0 Å². The van der Waals surface area contributed by atoms with E-state index in [2.05, 4.69) is 4.65 Å². The number of benzene rings is 1. The first-order valence-corrected chi connectivity index (χ1v) is 3.38. The number of nitrogens with zero attached hydrogens (tertiary/aromatic N) is 2. The van der Waals surface area contributed by atoms with Crippen molar-refractivity contribution in [3.05, 3.63) is 29.3 Å². The number of rotatable bonds is 2. The lowest BCUT2D eigenvalue weighted by molar-refractivity contribution is 0.453. The summed E-state index contributed by atoms with van der Waals surface area (Å²) in [4.78, 5) is 0. The second-order valence-electron chi connectivity index (χ2n) is 2.19. The molecule has 0 spiro atoms. The molecule has 1 aromatic rings. The van der Waals surface area contributed by atoms with Gasteiger partial charge in [0.1, 0.15) is 5.75 Å². The van der Waals surface area contributed by atoms with Gasteiger partial charge in [-0.2, -0.15) is 10.5 Å². The van der Waals surface area contributed by atoms with Crippen molar-refractivity contribution < 1.29 is 9.68 Å². The minimum Gasteiger partial charge on any atom is -0.537 e. The molecule has 1 N–H and O–H groups in total. The van der Waals surface area contributed by atoms with E-state index in [1.807, 2.05) is 12.1 Å². The predicted octanol–water partition coefficient (Wildman–Crippen LogP) is 0.335. The van der Waals surface area contributed by atoms with Crippen LogP contribution in [0.2, 0.25) is 0 Å². The fourth-order valence-electron chi connectivity index (χ4n) is 0.857. The Bertz CT molecular complexity index is 360. The summed E-state index contributed by atoms with van der Waals surface area (Å²) in [5.74, 6) is 0.262. The van der Waals surface area contributed by atoms with Crippen molar-refractivity contribution in [1.29, 1.82) is 10.5 Å². The van der Waals surface area contributed by atoms with Crippen molar-refractivity contribution in [2.45, 2.75) is 0 Å². The lowest BCUT2D eigenvalue weighted by Gasteiger charge is -2.01. The normalized spacial score (nSPS) is 8.23. The fraction of sp³-hybridized carbons (Fsp3) is 0. The average Bonchev–Trinajstić information content (AvgIpc) is 2.17. The summed E-state index contributed by atoms with van der Waals surface area (Å²) in [6.45, 7) is 0. The van der Waals surface area contributed by atoms with E-state index in [1.54, 1.807) is 0 Å². The standard InChI is InChI=1S/C8H4BN2O2/c10-4-6-1-7(5-11)3-8(2-6)13-9-12/h1-3,12H. The molecule has 13 heavy (non-hydrogen) atoms. The Hall–Kier alpha value is -1.98. The van der Waals surface area contributed by atoms with Gasteiger partial charge in [-0.15, -0.1) is 0 Å². The van der Waals surface area contributed by atoms with Crippen molar-refractivity contribution in [3.8, 4) is 17.9 Å². The Labute approximate surface area is 75.9 Å². The molecule has 1 aromatic carbocycles. The van der Waals surface area contributed by atoms with E-state index in [9.17, 15) is 0 Å². The van der Waals surface area contributed by atoms with E-state index in [4.69, 9.17) is 15.5 Å². The van der Waals surface area contributed by atoms with Gasteiger partial charge in [-0.1, -0.05) is 0 Å². The smallest absolute Gasteiger partial charge is 0.537 e. The highest BCUT2D eigenvalue weighted by molar-refractivity contribution is 6.17. The van der Waals surface area contributed by atoms with Crippen LogP contribution in [0.25, 0.3) is 0 Å². The maximum Gasteiger partial charge on any atom is 0.569 e. The van der Waals surface area contributed by atoms with Crippen LogP contribution in [0, 0.1) is 22.7 Å². The van der Waals surface area contributed by atoms with Gasteiger partial charge in [-0.05, 0) is 18.2 Å². The molecule has 61 valence electrons. The summed E-state index contributed by atoms with van der Waals surface area (Å²) in [6, 6.07) is 8.03. The molecule has 1 radical (unpaired) electrons. The van der Waals surface area contributed by atoms with Crippen molar-refractivity contribution >= 4 is 7.69 Å². The van der Waals surface area contributed by atoms with Gasteiger partial charge < -0.3 is 9.68 Å². The third-order valence-corrected chi connectivity index (χ3v) is 1.35. The quantitative estimate of drug-likeness (QED) is 0.650. The molecule has 0 bridgehead atoms. The van der Waals surface area contributed by atoms with Crippen LogP contribution >= 0.6 is 0 Å². The maximum atomic E-state index is 8.56. The summed E-state index contributed by atoms with van der Waals surface area (Å²) >= 11 is 0. The molecule has 0 unspecified atom stereocenters. The van der Waals surface area contributed by atoms with Crippen LogP contribution in [0.1, 0.15) is 11.1 Å². The van der Waals surface area contributed by atoms with Gasteiger partial charge >= 0.3 is 7.69 Å². The molecule has 1 rings (SSSR count). The van der Waals surface area contributed by atoms with E-state index < -0.39 is 0 Å². The van der Waals surface area contributed by atoms with Crippen molar-refractivity contribution in [3.63, 3.8) is 0 Å². The lowest BCUT2D eigenvalue weighted by atomic mass is 10.1. The van der Waals surface area contributed by atoms with Crippen molar-refractivity contribution in [2.75, 3.05) is 0 Å². The molecule has 0 aromatic heterocycles. The zero-order chi connectivity index (χ0) is 9.68. The van der Waals surface area contributed by atoms with Crippen LogP contribution in [0.4, 0.5) is 0 Å². The van der Waals surface area contributed by atoms with Crippen LogP contribution in [-0.4, -0.2) is 12.7 Å². The molecular weight excluding hydrogens is 167 g/mol. The van der Waals surface area contributed by atoms with E-state index in [0.29, 0.717) is 18.8 Å². The topological polar surface area (TPSA) is 77.0 Å². The van der Waals surface area contributed by atoms with E-state index >= 15 is 0 Å². The first-order valence-electron chi connectivity index (χ1n) is 3.38. The van der Waals surface area contributed by atoms with Crippen LogP contribution < -0.4 is 4.65 Å². The fourth-order valence-corrected chi connectivity index (χ4v) is 0.857. The van der Waals surface area contributed by atoms with E-state index in [0.717, 1.165) is 0 Å². The zero-order valence-electron chi connectivity index (χ0n) is 6.56. The first kappa shape index (κ1) is 9.12. The van der Waals surface area contributed by atoms with E-state index in [1.165, 1.54) is 18.2 Å². The Kier molecular flexibility index (Phi) is 2.91. The Balaban J connectivity index is 3.11. The van der Waals surface area contributed by atoms with Crippen LogP contribution in [0.15, 0.2) is 18.2 Å².